The van der Waals surface area contributed by atoms with Crippen molar-refractivity contribution in [3.63, 3.8) is 0 Å². The molecule has 15 heavy (non-hydrogen) atoms. The summed E-state index contributed by atoms with van der Waals surface area (Å²) in [6.07, 6.45) is 0.212. The molecule has 0 aliphatic heterocycles. The minimum atomic E-state index is -0.840. The zero-order valence-corrected chi connectivity index (χ0v) is 9.32. The Kier molecular flexibility index (Phi) is 4.00. The molecule has 3 heteroatoms. The minimum absolute atomic E-state index is 0.0156. The van der Waals surface area contributed by atoms with E-state index in [0.717, 1.165) is 0 Å². The second-order valence-corrected chi connectivity index (χ2v) is 3.51. The molecule has 0 aliphatic carbocycles. The molecule has 0 aromatic heterocycles. The fourth-order valence-corrected chi connectivity index (χ4v) is 1.25. The Balaban J connectivity index is 2.72. The van der Waals surface area contributed by atoms with Crippen molar-refractivity contribution in [3.05, 3.63) is 35.9 Å². The van der Waals surface area contributed by atoms with Gasteiger partial charge in [0.15, 0.2) is 11.6 Å². The summed E-state index contributed by atoms with van der Waals surface area (Å²) in [5, 5.41) is 0. The smallest absolute Gasteiger partial charge is 0.171 e. The summed E-state index contributed by atoms with van der Waals surface area (Å²) in [4.78, 5) is 11.8. The van der Waals surface area contributed by atoms with Gasteiger partial charge in [0.05, 0.1) is 6.42 Å². The van der Waals surface area contributed by atoms with Gasteiger partial charge < -0.3 is 9.47 Å². The van der Waals surface area contributed by atoms with Gasteiger partial charge >= 0.3 is 0 Å². The molecule has 3 nitrogen and oxygen atoms in total. The molecule has 0 heterocycles. The molecule has 0 atom stereocenters. The Hall–Kier alpha value is -1.19. The zero-order chi connectivity index (χ0) is 11.3. The highest BCUT2D eigenvalue weighted by atomic mass is 16.7. The highest BCUT2D eigenvalue weighted by Gasteiger charge is 2.26. The topological polar surface area (TPSA) is 35.5 Å². The lowest BCUT2D eigenvalue weighted by Gasteiger charge is -2.25. The Morgan fingerprint density at radius 2 is 1.73 bits per heavy atom. The molecular weight excluding hydrogens is 192 g/mol. The van der Waals surface area contributed by atoms with Crippen LogP contribution in [0.4, 0.5) is 0 Å². The molecule has 0 saturated carbocycles. The molecule has 82 valence electrons. The lowest BCUT2D eigenvalue weighted by molar-refractivity contribution is -0.189. The number of ether oxygens (including phenoxy) is 2. The van der Waals surface area contributed by atoms with Crippen LogP contribution in [0.25, 0.3) is 0 Å². The van der Waals surface area contributed by atoms with E-state index in [1.165, 1.54) is 14.2 Å². The van der Waals surface area contributed by atoms with Crippen molar-refractivity contribution < 1.29 is 14.3 Å². The van der Waals surface area contributed by atoms with Gasteiger partial charge in [-0.15, -0.1) is 0 Å². The predicted octanol–water partition coefficient (Wildman–Crippen LogP) is 2.27. The third-order valence-corrected chi connectivity index (χ3v) is 2.44. The number of carbonyl (C=O) groups excluding carboxylic acids is 1. The van der Waals surface area contributed by atoms with Crippen LogP contribution in [-0.2, 0) is 9.47 Å². The normalized spacial score (nSPS) is 11.4. The summed E-state index contributed by atoms with van der Waals surface area (Å²) in [5.74, 6) is -0.825. The molecule has 1 rings (SSSR count). The summed E-state index contributed by atoms with van der Waals surface area (Å²) in [6.45, 7) is 1.74. The molecule has 0 unspecified atom stereocenters. The highest BCUT2D eigenvalue weighted by molar-refractivity contribution is 5.96. The van der Waals surface area contributed by atoms with Crippen molar-refractivity contribution in [2.24, 2.45) is 0 Å². The van der Waals surface area contributed by atoms with Gasteiger partial charge in [-0.1, -0.05) is 30.3 Å². The average molecular weight is 208 g/mol. The van der Waals surface area contributed by atoms with Crippen LogP contribution in [0.3, 0.4) is 0 Å². The van der Waals surface area contributed by atoms with Gasteiger partial charge in [-0.2, -0.15) is 0 Å². The maximum Gasteiger partial charge on any atom is 0.171 e. The second kappa shape index (κ2) is 5.05. The van der Waals surface area contributed by atoms with E-state index in [2.05, 4.69) is 0 Å². The molecule has 0 saturated heterocycles. The summed E-state index contributed by atoms with van der Waals surface area (Å²) >= 11 is 0. The Labute approximate surface area is 90.0 Å². The number of hydrogen-bond donors (Lipinski definition) is 0. The fraction of sp³-hybridized carbons (Fsp3) is 0.417. The summed E-state index contributed by atoms with van der Waals surface area (Å²) in [7, 11) is 3.06. The number of rotatable bonds is 5. The van der Waals surface area contributed by atoms with Crippen molar-refractivity contribution in [1.82, 2.24) is 0 Å². The van der Waals surface area contributed by atoms with E-state index in [4.69, 9.17) is 9.47 Å². The molecule has 0 spiro atoms. The molecule has 0 aliphatic rings. The molecule has 0 N–H and O–H groups in total. The summed E-state index contributed by atoms with van der Waals surface area (Å²) in [6, 6.07) is 9.12. The molecule has 0 fully saturated rings. The number of ketones is 1. The van der Waals surface area contributed by atoms with E-state index in [1.807, 2.05) is 18.2 Å². The largest absolute Gasteiger partial charge is 0.353 e. The van der Waals surface area contributed by atoms with Crippen LogP contribution in [0.1, 0.15) is 23.7 Å². The minimum Gasteiger partial charge on any atom is -0.353 e. The van der Waals surface area contributed by atoms with Crippen molar-refractivity contribution in [2.45, 2.75) is 19.1 Å². The van der Waals surface area contributed by atoms with Gasteiger partial charge in [0.25, 0.3) is 0 Å². The van der Waals surface area contributed by atoms with Gasteiger partial charge in [-0.3, -0.25) is 4.79 Å². The van der Waals surface area contributed by atoms with E-state index in [0.29, 0.717) is 5.56 Å². The fourth-order valence-electron chi connectivity index (χ4n) is 1.25. The van der Waals surface area contributed by atoms with Gasteiger partial charge in [0.2, 0.25) is 0 Å². The Bertz CT molecular complexity index is 315. The van der Waals surface area contributed by atoms with Gasteiger partial charge in [-0.25, -0.2) is 0 Å². The quantitative estimate of drug-likeness (QED) is 0.550. The SMILES string of the molecule is COC(C)(CC(=O)c1ccccc1)OC. The number of carbonyl (C=O) groups is 1. The molecule has 1 aromatic rings. The van der Waals surface area contributed by atoms with Crippen LogP contribution in [0.15, 0.2) is 30.3 Å². The molecule has 0 radical (unpaired) electrons. The first-order valence-corrected chi connectivity index (χ1v) is 4.80. The maximum absolute atomic E-state index is 11.8. The summed E-state index contributed by atoms with van der Waals surface area (Å²) in [5.41, 5.74) is 0.679. The van der Waals surface area contributed by atoms with E-state index < -0.39 is 5.79 Å². The van der Waals surface area contributed by atoms with Gasteiger partial charge in [0, 0.05) is 19.8 Å². The molecule has 0 amide bonds. The first kappa shape index (κ1) is 11.9. The Morgan fingerprint density at radius 3 is 2.20 bits per heavy atom. The lowest BCUT2D eigenvalue weighted by atomic mass is 10.0. The average Bonchev–Trinajstić information content (AvgIpc) is 2.30. The standard InChI is InChI=1S/C12H16O3/c1-12(14-2,15-3)9-11(13)10-7-5-4-6-8-10/h4-8H,9H2,1-3H3. The van der Waals surface area contributed by atoms with Crippen molar-refractivity contribution in [1.29, 1.82) is 0 Å². The molecular formula is C12H16O3. The molecule has 1 aromatic carbocycles. The van der Waals surface area contributed by atoms with Crippen molar-refractivity contribution in [2.75, 3.05) is 14.2 Å². The first-order valence-electron chi connectivity index (χ1n) is 4.80. The number of Topliss-reactive ketones (excluding diaryl/α,β-unsaturated/α-hetero) is 1. The Morgan fingerprint density at radius 1 is 1.20 bits per heavy atom. The van der Waals surface area contributed by atoms with Crippen LogP contribution in [0.5, 0.6) is 0 Å². The van der Waals surface area contributed by atoms with Crippen LogP contribution >= 0.6 is 0 Å². The molecule has 0 bridgehead atoms. The third-order valence-electron chi connectivity index (χ3n) is 2.44. The van der Waals surface area contributed by atoms with E-state index >= 15 is 0 Å². The monoisotopic (exact) mass is 208 g/mol. The van der Waals surface area contributed by atoms with E-state index in [1.54, 1.807) is 19.1 Å². The number of benzene rings is 1. The summed E-state index contributed by atoms with van der Waals surface area (Å²) < 4.78 is 10.3. The van der Waals surface area contributed by atoms with Crippen LogP contribution in [-0.4, -0.2) is 25.8 Å². The van der Waals surface area contributed by atoms with Crippen LogP contribution in [0.2, 0.25) is 0 Å². The van der Waals surface area contributed by atoms with Crippen molar-refractivity contribution >= 4 is 5.78 Å². The second-order valence-electron chi connectivity index (χ2n) is 3.51. The zero-order valence-electron chi connectivity index (χ0n) is 9.32. The van der Waals surface area contributed by atoms with E-state index in [-0.39, 0.29) is 12.2 Å². The van der Waals surface area contributed by atoms with Crippen LogP contribution < -0.4 is 0 Å². The van der Waals surface area contributed by atoms with E-state index in [9.17, 15) is 4.79 Å². The van der Waals surface area contributed by atoms with Gasteiger partial charge in [0.1, 0.15) is 0 Å². The maximum atomic E-state index is 11.8. The lowest BCUT2D eigenvalue weighted by Crippen LogP contribution is -2.32. The highest BCUT2D eigenvalue weighted by Crippen LogP contribution is 2.18. The van der Waals surface area contributed by atoms with Crippen molar-refractivity contribution in [3.8, 4) is 0 Å². The van der Waals surface area contributed by atoms with Crippen LogP contribution in [0, 0.1) is 0 Å². The first-order chi connectivity index (χ1) is 7.11. The number of hydrogen-bond acceptors (Lipinski definition) is 3. The third kappa shape index (κ3) is 3.15. The predicted molar refractivity (Wildman–Crippen MR) is 57.8 cm³/mol. The number of methoxy groups -OCH3 is 2. The van der Waals surface area contributed by atoms with Gasteiger partial charge in [-0.05, 0) is 6.92 Å².